The van der Waals surface area contributed by atoms with Gasteiger partial charge in [0.1, 0.15) is 11.9 Å². The van der Waals surface area contributed by atoms with E-state index >= 15 is 0 Å². The van der Waals surface area contributed by atoms with Crippen LogP contribution in [0, 0.1) is 5.41 Å². The molecule has 1 aromatic carbocycles. The molecule has 1 aliphatic heterocycles. The van der Waals surface area contributed by atoms with Crippen LogP contribution < -0.4 is 10.1 Å². The SMILES string of the molecule is CO[C@H]1C[C@@H](Oc2cc3nn(C4CCC5(CC4)CN(C(C)=O)C5)cc3cc2C(=O)Nc2cnc3cccnn23)C1. The summed E-state index contributed by atoms with van der Waals surface area (Å²) in [5.74, 6) is 0.875. The number of nitrogens with one attached hydrogen (secondary N) is 1. The Labute approximate surface area is 231 Å². The van der Waals surface area contributed by atoms with Crippen molar-refractivity contribution >= 4 is 34.2 Å². The maximum Gasteiger partial charge on any atom is 0.260 e. The first-order valence-corrected chi connectivity index (χ1v) is 14.0. The number of amides is 2. The lowest BCUT2D eigenvalue weighted by atomic mass is 9.67. The quantitative estimate of drug-likeness (QED) is 0.393. The number of carbonyl (C=O) groups excluding carboxylic acids is 2. The van der Waals surface area contributed by atoms with E-state index in [4.69, 9.17) is 14.6 Å². The van der Waals surface area contributed by atoms with E-state index in [1.165, 1.54) is 0 Å². The summed E-state index contributed by atoms with van der Waals surface area (Å²) in [5, 5.41) is 13.1. The van der Waals surface area contributed by atoms with E-state index in [0.29, 0.717) is 28.8 Å². The first-order valence-electron chi connectivity index (χ1n) is 14.0. The van der Waals surface area contributed by atoms with Crippen LogP contribution >= 0.6 is 0 Å². The van der Waals surface area contributed by atoms with Crippen molar-refractivity contribution in [2.45, 2.75) is 63.7 Å². The fourth-order valence-electron chi connectivity index (χ4n) is 6.40. The lowest BCUT2D eigenvalue weighted by Crippen LogP contribution is -2.59. The van der Waals surface area contributed by atoms with Gasteiger partial charge in [0.2, 0.25) is 5.91 Å². The molecule has 40 heavy (non-hydrogen) atoms. The topological polar surface area (TPSA) is 116 Å². The van der Waals surface area contributed by atoms with Gasteiger partial charge in [-0.05, 0) is 43.9 Å². The third kappa shape index (κ3) is 4.38. The molecule has 4 aromatic rings. The molecule has 2 aliphatic carbocycles. The lowest BCUT2D eigenvalue weighted by molar-refractivity contribution is -0.143. The van der Waals surface area contributed by atoms with Gasteiger partial charge >= 0.3 is 0 Å². The Morgan fingerprint density at radius 3 is 2.67 bits per heavy atom. The van der Waals surface area contributed by atoms with Crippen LogP contribution in [0.15, 0.2) is 42.9 Å². The Balaban J connectivity index is 1.14. The van der Waals surface area contributed by atoms with Crippen molar-refractivity contribution in [3.8, 4) is 5.75 Å². The number of rotatable bonds is 6. The molecular formula is C29H33N7O4. The molecule has 2 amide bonds. The number of ether oxygens (including phenoxy) is 2. The van der Waals surface area contributed by atoms with Crippen molar-refractivity contribution in [3.05, 3.63) is 48.4 Å². The summed E-state index contributed by atoms with van der Waals surface area (Å²) in [7, 11) is 1.71. The van der Waals surface area contributed by atoms with Gasteiger partial charge in [0.05, 0.1) is 29.4 Å². The molecule has 0 bridgehead atoms. The molecule has 1 saturated heterocycles. The molecular weight excluding hydrogens is 510 g/mol. The zero-order valence-corrected chi connectivity index (χ0v) is 22.7. The second kappa shape index (κ2) is 9.58. The van der Waals surface area contributed by atoms with Gasteiger partial charge in [-0.3, -0.25) is 14.3 Å². The Kier molecular flexibility index (Phi) is 5.99. The van der Waals surface area contributed by atoms with E-state index in [2.05, 4.69) is 20.1 Å². The third-order valence-corrected chi connectivity index (χ3v) is 8.95. The molecule has 208 valence electrons. The molecule has 3 fully saturated rings. The van der Waals surface area contributed by atoms with Crippen molar-refractivity contribution in [3.63, 3.8) is 0 Å². The Morgan fingerprint density at radius 1 is 1.12 bits per heavy atom. The highest BCUT2D eigenvalue weighted by Gasteiger charge is 2.46. The summed E-state index contributed by atoms with van der Waals surface area (Å²) in [6.07, 6.45) is 11.3. The van der Waals surface area contributed by atoms with E-state index in [-0.39, 0.29) is 29.4 Å². The Morgan fingerprint density at radius 2 is 1.93 bits per heavy atom. The summed E-state index contributed by atoms with van der Waals surface area (Å²) >= 11 is 0. The van der Waals surface area contributed by atoms with Gasteiger partial charge in [-0.1, -0.05) is 0 Å². The van der Waals surface area contributed by atoms with Crippen molar-refractivity contribution in [1.82, 2.24) is 29.3 Å². The van der Waals surface area contributed by atoms with E-state index in [9.17, 15) is 9.59 Å². The number of hydrogen-bond acceptors (Lipinski definition) is 7. The highest BCUT2D eigenvalue weighted by molar-refractivity contribution is 6.08. The number of nitrogens with zero attached hydrogens (tertiary/aromatic N) is 6. The van der Waals surface area contributed by atoms with Gasteiger partial charge in [0, 0.05) is 69.2 Å². The second-order valence-electron chi connectivity index (χ2n) is 11.6. The van der Waals surface area contributed by atoms with Gasteiger partial charge < -0.3 is 19.7 Å². The van der Waals surface area contributed by atoms with Crippen LogP contribution in [0.2, 0.25) is 0 Å². The van der Waals surface area contributed by atoms with Gasteiger partial charge in [-0.25, -0.2) is 4.98 Å². The average molecular weight is 544 g/mol. The Hall–Kier alpha value is -3.99. The average Bonchev–Trinajstić information content (AvgIpc) is 3.52. The molecule has 4 heterocycles. The van der Waals surface area contributed by atoms with Crippen LogP contribution in [0.3, 0.4) is 0 Å². The highest BCUT2D eigenvalue weighted by Crippen LogP contribution is 2.47. The minimum Gasteiger partial charge on any atom is -0.489 e. The van der Waals surface area contributed by atoms with Crippen LogP contribution in [0.1, 0.15) is 61.8 Å². The number of carbonyl (C=O) groups is 2. The summed E-state index contributed by atoms with van der Waals surface area (Å²) in [4.78, 5) is 31.5. The fraction of sp³-hybridized carbons (Fsp3) is 0.483. The fourth-order valence-corrected chi connectivity index (χ4v) is 6.40. The standard InChI is InChI=1S/C29H33N7O4/c1-18(37)34-16-29(17-34)7-5-20(6-8-29)35-15-19-10-23(25(13-24(19)33-35)40-22-11-21(12-22)39-2)28(38)32-27-14-30-26-4-3-9-31-36(26)27/h3-4,9-10,13-15,20-22H,5-8,11-12,16-17H2,1-2H3,(H,32,38)/t21-,22+. The summed E-state index contributed by atoms with van der Waals surface area (Å²) in [5.41, 5.74) is 2.17. The lowest BCUT2D eigenvalue weighted by Gasteiger charge is -2.53. The number of fused-ring (bicyclic) bond motifs is 2. The Bertz CT molecular complexity index is 1590. The minimum atomic E-state index is -0.292. The molecule has 7 rings (SSSR count). The van der Waals surface area contributed by atoms with E-state index < -0.39 is 0 Å². The molecule has 0 radical (unpaired) electrons. The molecule has 11 heteroatoms. The van der Waals surface area contributed by atoms with Crippen LogP contribution in [0.25, 0.3) is 16.6 Å². The second-order valence-corrected chi connectivity index (χ2v) is 11.6. The van der Waals surface area contributed by atoms with Gasteiger partial charge in [-0.15, -0.1) is 0 Å². The first kappa shape index (κ1) is 25.0. The predicted molar refractivity (Wildman–Crippen MR) is 147 cm³/mol. The summed E-state index contributed by atoms with van der Waals surface area (Å²) < 4.78 is 15.4. The zero-order valence-electron chi connectivity index (χ0n) is 22.7. The van der Waals surface area contributed by atoms with Gasteiger partial charge in [0.25, 0.3) is 5.91 Å². The molecule has 0 atom stereocenters. The normalized spacial score (nSPS) is 22.3. The van der Waals surface area contributed by atoms with Crippen LogP contribution in [-0.4, -0.2) is 73.5 Å². The van der Waals surface area contributed by atoms with Gasteiger partial charge in [0.15, 0.2) is 11.5 Å². The van der Waals surface area contributed by atoms with E-state index in [1.54, 1.807) is 37.0 Å². The third-order valence-electron chi connectivity index (χ3n) is 8.95. The first-order chi connectivity index (χ1) is 19.4. The predicted octanol–water partition coefficient (Wildman–Crippen LogP) is 3.85. The maximum atomic E-state index is 13.6. The summed E-state index contributed by atoms with van der Waals surface area (Å²) in [6.45, 7) is 3.40. The summed E-state index contributed by atoms with van der Waals surface area (Å²) in [6, 6.07) is 7.68. The van der Waals surface area contributed by atoms with E-state index in [1.807, 2.05) is 29.3 Å². The van der Waals surface area contributed by atoms with Crippen molar-refractivity contribution in [1.29, 1.82) is 0 Å². The van der Waals surface area contributed by atoms with Crippen LogP contribution in [0.5, 0.6) is 5.75 Å². The van der Waals surface area contributed by atoms with Crippen LogP contribution in [0.4, 0.5) is 5.82 Å². The number of imidazole rings is 1. The van der Waals surface area contributed by atoms with E-state index in [0.717, 1.165) is 62.5 Å². The molecule has 11 nitrogen and oxygen atoms in total. The van der Waals surface area contributed by atoms with Crippen LogP contribution in [-0.2, 0) is 9.53 Å². The number of benzene rings is 1. The van der Waals surface area contributed by atoms with Crippen molar-refractivity contribution in [2.75, 3.05) is 25.5 Å². The number of likely N-dealkylation sites (tertiary alicyclic amines) is 1. The van der Waals surface area contributed by atoms with Crippen molar-refractivity contribution < 1.29 is 19.1 Å². The number of anilines is 1. The monoisotopic (exact) mass is 543 g/mol. The smallest absolute Gasteiger partial charge is 0.260 e. The molecule has 1 N–H and O–H groups in total. The number of hydrogen-bond donors (Lipinski definition) is 1. The van der Waals surface area contributed by atoms with Crippen molar-refractivity contribution in [2.24, 2.45) is 5.41 Å². The molecule has 3 aromatic heterocycles. The highest BCUT2D eigenvalue weighted by atomic mass is 16.5. The number of aromatic nitrogens is 5. The molecule has 2 saturated carbocycles. The minimum absolute atomic E-state index is 0.0138. The maximum absolute atomic E-state index is 13.6. The zero-order chi connectivity index (χ0) is 27.4. The van der Waals surface area contributed by atoms with Gasteiger partial charge in [-0.2, -0.15) is 14.7 Å². The molecule has 0 unspecified atom stereocenters. The largest absolute Gasteiger partial charge is 0.489 e. The molecule has 1 spiro atoms. The number of methoxy groups -OCH3 is 1. The molecule has 3 aliphatic rings.